The summed E-state index contributed by atoms with van der Waals surface area (Å²) in [5.74, 6) is -0.0785. The van der Waals surface area contributed by atoms with Crippen LogP contribution in [0.15, 0.2) is 42.6 Å². The van der Waals surface area contributed by atoms with Crippen LogP contribution in [0.1, 0.15) is 23.6 Å². The van der Waals surface area contributed by atoms with Crippen molar-refractivity contribution >= 4 is 28.5 Å². The van der Waals surface area contributed by atoms with Crippen LogP contribution in [0.4, 0.5) is 17.1 Å². The molecule has 2 aromatic carbocycles. The summed E-state index contributed by atoms with van der Waals surface area (Å²) >= 11 is 0. The maximum atomic E-state index is 12.3. The number of hydrogen-bond acceptors (Lipinski definition) is 4. The van der Waals surface area contributed by atoms with Crippen molar-refractivity contribution < 1.29 is 9.53 Å². The van der Waals surface area contributed by atoms with Gasteiger partial charge in [0.1, 0.15) is 0 Å². The van der Waals surface area contributed by atoms with Crippen molar-refractivity contribution in [3.05, 3.63) is 59.3 Å². The number of carbonyl (C=O) groups excluding carboxylic acids is 1. The van der Waals surface area contributed by atoms with Gasteiger partial charge in [0, 0.05) is 42.0 Å². The number of aryl methyl sites for hydroxylation is 2. The molecule has 1 aliphatic heterocycles. The molecular weight excluding hydrogens is 326 g/mol. The average Bonchev–Trinajstić information content (AvgIpc) is 2.92. The minimum Gasteiger partial charge on any atom is -0.383 e. The van der Waals surface area contributed by atoms with Gasteiger partial charge in [-0.25, -0.2) is 0 Å². The third kappa shape index (κ3) is 3.73. The highest BCUT2D eigenvalue weighted by Gasteiger charge is 2.25. The number of benzene rings is 2. The fraction of sp³-hybridized carbons (Fsp3) is 0.286. The molecule has 0 fully saturated rings. The Labute approximate surface area is 154 Å². The molecule has 5 heteroatoms. The quantitative estimate of drug-likeness (QED) is 0.684. The predicted molar refractivity (Wildman–Crippen MR) is 108 cm³/mol. The molecule has 5 nitrogen and oxygen atoms in total. The van der Waals surface area contributed by atoms with Crippen LogP contribution in [0.5, 0.6) is 0 Å². The molecule has 0 aliphatic carbocycles. The summed E-state index contributed by atoms with van der Waals surface area (Å²) in [6.07, 6.45) is 1.78. The molecule has 2 aromatic rings. The van der Waals surface area contributed by atoms with Crippen LogP contribution < -0.4 is 16.0 Å². The monoisotopic (exact) mass is 351 g/mol. The lowest BCUT2D eigenvalue weighted by Gasteiger charge is -2.17. The first-order chi connectivity index (χ1) is 12.5. The van der Waals surface area contributed by atoms with Gasteiger partial charge in [0.15, 0.2) is 0 Å². The number of fused-ring (bicyclic) bond motifs is 1. The Balaban J connectivity index is 1.77. The molecule has 1 amide bonds. The standard InChI is InChI=1S/C21H25N3O2/c1-13-6-5-7-19-20(13)17(21(25)24-19)11-22-16-8-9-18(14(2)10-16)23-15(3)12-26-4/h5-11,15,22-23H,12H2,1-4H3,(H,24,25)/b17-11+. The number of ether oxygens (including phenoxy) is 1. The van der Waals surface area contributed by atoms with Crippen LogP contribution >= 0.6 is 0 Å². The normalized spacial score (nSPS) is 15.5. The highest BCUT2D eigenvalue weighted by atomic mass is 16.5. The van der Waals surface area contributed by atoms with Crippen LogP contribution in [0, 0.1) is 13.8 Å². The van der Waals surface area contributed by atoms with Gasteiger partial charge in [-0.2, -0.15) is 0 Å². The summed E-state index contributed by atoms with van der Waals surface area (Å²) in [6, 6.07) is 12.2. The largest absolute Gasteiger partial charge is 0.383 e. The molecule has 1 aliphatic rings. The minimum absolute atomic E-state index is 0.0785. The van der Waals surface area contributed by atoms with Crippen LogP contribution in [-0.4, -0.2) is 25.7 Å². The Hall–Kier alpha value is -2.79. The number of methoxy groups -OCH3 is 1. The van der Waals surface area contributed by atoms with Crippen LogP contribution in [-0.2, 0) is 9.53 Å². The van der Waals surface area contributed by atoms with Gasteiger partial charge >= 0.3 is 0 Å². The summed E-state index contributed by atoms with van der Waals surface area (Å²) in [4.78, 5) is 12.3. The predicted octanol–water partition coefficient (Wildman–Crippen LogP) is 4.16. The molecule has 3 rings (SSSR count). The van der Waals surface area contributed by atoms with Gasteiger partial charge in [0.05, 0.1) is 12.2 Å². The van der Waals surface area contributed by atoms with Crippen molar-refractivity contribution in [1.82, 2.24) is 0 Å². The van der Waals surface area contributed by atoms with E-state index in [1.165, 1.54) is 0 Å². The number of hydrogen-bond donors (Lipinski definition) is 3. The first kappa shape index (κ1) is 18.0. The van der Waals surface area contributed by atoms with Crippen molar-refractivity contribution in [3.63, 3.8) is 0 Å². The number of carbonyl (C=O) groups is 1. The molecule has 0 bridgehead atoms. The molecule has 1 atom stereocenters. The summed E-state index contributed by atoms with van der Waals surface area (Å²) in [7, 11) is 1.70. The van der Waals surface area contributed by atoms with E-state index in [0.717, 1.165) is 33.8 Å². The van der Waals surface area contributed by atoms with Crippen LogP contribution in [0.3, 0.4) is 0 Å². The third-order valence-electron chi connectivity index (χ3n) is 4.46. The van der Waals surface area contributed by atoms with Gasteiger partial charge in [-0.15, -0.1) is 0 Å². The van der Waals surface area contributed by atoms with E-state index >= 15 is 0 Å². The van der Waals surface area contributed by atoms with Crippen molar-refractivity contribution in [2.75, 3.05) is 29.7 Å². The number of amides is 1. The molecule has 0 aromatic heterocycles. The maximum absolute atomic E-state index is 12.3. The second-order valence-electron chi connectivity index (χ2n) is 6.68. The summed E-state index contributed by atoms with van der Waals surface area (Å²) in [5, 5.41) is 9.60. The molecule has 0 saturated carbocycles. The van der Waals surface area contributed by atoms with Crippen LogP contribution in [0.2, 0.25) is 0 Å². The SMILES string of the molecule is COCC(C)Nc1ccc(N/C=C2/C(=O)Nc3cccc(C)c32)cc1C. The average molecular weight is 351 g/mol. The molecule has 3 N–H and O–H groups in total. The van der Waals surface area contributed by atoms with Crippen molar-refractivity contribution in [3.8, 4) is 0 Å². The summed E-state index contributed by atoms with van der Waals surface area (Å²) in [5.41, 5.74) is 6.72. The van der Waals surface area contributed by atoms with E-state index in [1.807, 2.05) is 37.3 Å². The fourth-order valence-electron chi connectivity index (χ4n) is 3.20. The Kier molecular flexibility index (Phi) is 5.28. The number of anilines is 3. The second kappa shape index (κ2) is 7.62. The topological polar surface area (TPSA) is 62.4 Å². The van der Waals surface area contributed by atoms with Gasteiger partial charge in [0.2, 0.25) is 0 Å². The molecule has 0 saturated heterocycles. The van der Waals surface area contributed by atoms with E-state index in [4.69, 9.17) is 4.74 Å². The van der Waals surface area contributed by atoms with E-state index in [-0.39, 0.29) is 11.9 Å². The number of nitrogens with one attached hydrogen (secondary N) is 3. The zero-order valence-corrected chi connectivity index (χ0v) is 15.6. The van der Waals surface area contributed by atoms with Crippen molar-refractivity contribution in [2.24, 2.45) is 0 Å². The van der Waals surface area contributed by atoms with Gasteiger partial charge < -0.3 is 20.7 Å². The van der Waals surface area contributed by atoms with E-state index in [0.29, 0.717) is 12.2 Å². The summed E-state index contributed by atoms with van der Waals surface area (Å²) < 4.78 is 5.16. The molecule has 136 valence electrons. The summed E-state index contributed by atoms with van der Waals surface area (Å²) in [6.45, 7) is 6.80. The van der Waals surface area contributed by atoms with E-state index in [2.05, 4.69) is 35.9 Å². The Bertz CT molecular complexity index is 858. The van der Waals surface area contributed by atoms with Crippen molar-refractivity contribution in [1.29, 1.82) is 0 Å². The molecule has 26 heavy (non-hydrogen) atoms. The first-order valence-electron chi connectivity index (χ1n) is 8.73. The second-order valence-corrected chi connectivity index (χ2v) is 6.68. The van der Waals surface area contributed by atoms with E-state index in [1.54, 1.807) is 13.3 Å². The Morgan fingerprint density at radius 3 is 2.73 bits per heavy atom. The Morgan fingerprint density at radius 2 is 2.00 bits per heavy atom. The lowest BCUT2D eigenvalue weighted by atomic mass is 10.0. The zero-order valence-electron chi connectivity index (χ0n) is 15.6. The molecule has 0 spiro atoms. The maximum Gasteiger partial charge on any atom is 0.257 e. The highest BCUT2D eigenvalue weighted by Crippen LogP contribution is 2.34. The van der Waals surface area contributed by atoms with E-state index < -0.39 is 0 Å². The van der Waals surface area contributed by atoms with E-state index in [9.17, 15) is 4.79 Å². The van der Waals surface area contributed by atoms with Gasteiger partial charge in [0.25, 0.3) is 5.91 Å². The lowest BCUT2D eigenvalue weighted by molar-refractivity contribution is -0.110. The van der Waals surface area contributed by atoms with Crippen LogP contribution in [0.25, 0.3) is 5.57 Å². The van der Waals surface area contributed by atoms with Gasteiger partial charge in [-0.05, 0) is 56.2 Å². The Morgan fingerprint density at radius 1 is 1.19 bits per heavy atom. The molecule has 0 radical (unpaired) electrons. The molecule has 1 unspecified atom stereocenters. The third-order valence-corrected chi connectivity index (χ3v) is 4.46. The van der Waals surface area contributed by atoms with Gasteiger partial charge in [-0.1, -0.05) is 12.1 Å². The smallest absolute Gasteiger partial charge is 0.257 e. The lowest BCUT2D eigenvalue weighted by Crippen LogP contribution is -2.21. The molecular formula is C21H25N3O2. The fourth-order valence-corrected chi connectivity index (χ4v) is 3.20. The van der Waals surface area contributed by atoms with Crippen molar-refractivity contribution in [2.45, 2.75) is 26.8 Å². The molecule has 1 heterocycles. The minimum atomic E-state index is -0.0785. The first-order valence-corrected chi connectivity index (χ1v) is 8.73. The van der Waals surface area contributed by atoms with Gasteiger partial charge in [-0.3, -0.25) is 4.79 Å². The highest BCUT2D eigenvalue weighted by molar-refractivity contribution is 6.32. The zero-order chi connectivity index (χ0) is 18.7. The number of rotatable bonds is 6.